The van der Waals surface area contributed by atoms with Crippen LogP contribution in [0.25, 0.3) is 0 Å². The summed E-state index contributed by atoms with van der Waals surface area (Å²) < 4.78 is 23.9. The molecule has 0 unspecified atom stereocenters. The highest BCUT2D eigenvalue weighted by atomic mass is 79.9. The number of rotatable bonds is 8. The summed E-state index contributed by atoms with van der Waals surface area (Å²) in [5.74, 6) is 0.430. The number of benzene rings is 1. The summed E-state index contributed by atoms with van der Waals surface area (Å²) in [5, 5.41) is 2.01. The van der Waals surface area contributed by atoms with Gasteiger partial charge in [-0.3, -0.25) is 0 Å². The van der Waals surface area contributed by atoms with Crippen LogP contribution in [-0.4, -0.2) is 30.6 Å². The SMILES string of the molecule is CCCS(=O)(=O)CCC(CBr)(CBr)c1ccccc1Cl. The van der Waals surface area contributed by atoms with Crippen molar-refractivity contribution in [1.29, 1.82) is 0 Å². The van der Waals surface area contributed by atoms with Gasteiger partial charge < -0.3 is 0 Å². The van der Waals surface area contributed by atoms with Gasteiger partial charge in [0.25, 0.3) is 0 Å². The molecule has 0 aliphatic carbocycles. The van der Waals surface area contributed by atoms with Gasteiger partial charge in [-0.25, -0.2) is 8.42 Å². The normalized spacial score (nSPS) is 12.6. The van der Waals surface area contributed by atoms with E-state index in [0.29, 0.717) is 28.5 Å². The molecule has 0 atom stereocenters. The fourth-order valence-corrected chi connectivity index (χ4v) is 6.06. The van der Waals surface area contributed by atoms with Gasteiger partial charge in [0.15, 0.2) is 0 Å². The Morgan fingerprint density at radius 1 is 1.15 bits per heavy atom. The molecule has 20 heavy (non-hydrogen) atoms. The van der Waals surface area contributed by atoms with Crippen LogP contribution >= 0.6 is 43.5 Å². The number of hydrogen-bond donors (Lipinski definition) is 0. The van der Waals surface area contributed by atoms with Gasteiger partial charge >= 0.3 is 0 Å². The highest BCUT2D eigenvalue weighted by molar-refractivity contribution is 9.09. The standard InChI is InChI=1S/C14H19Br2ClO2S/c1-2-8-20(18,19)9-7-14(10-15,11-16)12-5-3-4-6-13(12)17/h3-6H,2,7-11H2,1H3. The van der Waals surface area contributed by atoms with E-state index in [1.54, 1.807) is 0 Å². The monoisotopic (exact) mass is 444 g/mol. The lowest BCUT2D eigenvalue weighted by atomic mass is 9.82. The third-order valence-corrected chi connectivity index (χ3v) is 7.70. The number of halogens is 3. The van der Waals surface area contributed by atoms with E-state index in [0.717, 1.165) is 5.56 Å². The van der Waals surface area contributed by atoms with Crippen LogP contribution in [0.5, 0.6) is 0 Å². The van der Waals surface area contributed by atoms with Crippen molar-refractivity contribution in [3.8, 4) is 0 Å². The van der Waals surface area contributed by atoms with Crippen LogP contribution in [-0.2, 0) is 15.3 Å². The van der Waals surface area contributed by atoms with Gasteiger partial charge in [0.1, 0.15) is 9.84 Å². The van der Waals surface area contributed by atoms with Crippen molar-refractivity contribution in [2.24, 2.45) is 0 Å². The topological polar surface area (TPSA) is 34.1 Å². The molecule has 0 saturated carbocycles. The van der Waals surface area contributed by atoms with E-state index < -0.39 is 9.84 Å². The van der Waals surface area contributed by atoms with Crippen molar-refractivity contribution in [3.05, 3.63) is 34.9 Å². The smallest absolute Gasteiger partial charge is 0.150 e. The molecule has 0 aromatic heterocycles. The minimum atomic E-state index is -2.99. The van der Waals surface area contributed by atoms with Crippen molar-refractivity contribution in [1.82, 2.24) is 0 Å². The summed E-state index contributed by atoms with van der Waals surface area (Å²) in [4.78, 5) is 0. The Balaban J connectivity index is 3.02. The molecule has 2 nitrogen and oxygen atoms in total. The molecular weight excluding hydrogens is 427 g/mol. The fraction of sp³-hybridized carbons (Fsp3) is 0.571. The molecule has 0 aliphatic rings. The van der Waals surface area contributed by atoms with Crippen molar-refractivity contribution < 1.29 is 8.42 Å². The van der Waals surface area contributed by atoms with E-state index >= 15 is 0 Å². The molecule has 0 heterocycles. The molecule has 1 rings (SSSR count). The first-order chi connectivity index (χ1) is 9.40. The molecule has 1 aromatic carbocycles. The van der Waals surface area contributed by atoms with Crippen LogP contribution in [0, 0.1) is 0 Å². The Labute approximate surface area is 143 Å². The minimum Gasteiger partial charge on any atom is -0.229 e. The summed E-state index contributed by atoms with van der Waals surface area (Å²) in [6.07, 6.45) is 1.21. The number of alkyl halides is 2. The molecule has 0 radical (unpaired) electrons. The second kappa shape index (κ2) is 8.16. The Kier molecular flexibility index (Phi) is 7.53. The van der Waals surface area contributed by atoms with E-state index in [1.165, 1.54) is 0 Å². The van der Waals surface area contributed by atoms with Crippen LogP contribution < -0.4 is 0 Å². The van der Waals surface area contributed by atoms with Gasteiger partial charge in [-0.2, -0.15) is 0 Å². The lowest BCUT2D eigenvalue weighted by molar-refractivity contribution is 0.523. The maximum atomic E-state index is 12.0. The summed E-state index contributed by atoms with van der Waals surface area (Å²) in [6, 6.07) is 7.63. The van der Waals surface area contributed by atoms with Crippen molar-refractivity contribution in [2.45, 2.75) is 25.2 Å². The quantitative estimate of drug-likeness (QED) is 0.548. The molecule has 0 N–H and O–H groups in total. The van der Waals surface area contributed by atoms with E-state index in [9.17, 15) is 8.42 Å². The predicted octanol–water partition coefficient (Wildman–Crippen LogP) is 4.58. The van der Waals surface area contributed by atoms with E-state index in [-0.39, 0.29) is 16.9 Å². The Hall–Kier alpha value is 0.420. The first kappa shape index (κ1) is 18.5. The van der Waals surface area contributed by atoms with Crippen LogP contribution in [0.4, 0.5) is 0 Å². The fourth-order valence-electron chi connectivity index (χ4n) is 2.10. The molecule has 1 aromatic rings. The summed E-state index contributed by atoms with van der Waals surface area (Å²) in [7, 11) is -2.99. The molecule has 0 bridgehead atoms. The third-order valence-electron chi connectivity index (χ3n) is 3.36. The minimum absolute atomic E-state index is 0.184. The zero-order chi connectivity index (χ0) is 15.2. The number of sulfone groups is 1. The Morgan fingerprint density at radius 3 is 2.25 bits per heavy atom. The van der Waals surface area contributed by atoms with Crippen LogP contribution in [0.3, 0.4) is 0 Å². The highest BCUT2D eigenvalue weighted by Crippen LogP contribution is 2.37. The maximum absolute atomic E-state index is 12.0. The summed E-state index contributed by atoms with van der Waals surface area (Å²) >= 11 is 13.3. The van der Waals surface area contributed by atoms with Gasteiger partial charge in [-0.1, -0.05) is 68.6 Å². The second-order valence-electron chi connectivity index (χ2n) is 4.93. The first-order valence-electron chi connectivity index (χ1n) is 6.48. The third kappa shape index (κ3) is 4.72. The lowest BCUT2D eigenvalue weighted by Crippen LogP contribution is -2.33. The van der Waals surface area contributed by atoms with Crippen LogP contribution in [0.2, 0.25) is 5.02 Å². The van der Waals surface area contributed by atoms with Crippen molar-refractivity contribution in [3.63, 3.8) is 0 Å². The predicted molar refractivity (Wildman–Crippen MR) is 94.3 cm³/mol. The Bertz CT molecular complexity index is 528. The van der Waals surface area contributed by atoms with Gasteiger partial charge in [-0.15, -0.1) is 0 Å². The molecule has 0 saturated heterocycles. The lowest BCUT2D eigenvalue weighted by Gasteiger charge is -2.31. The first-order valence-corrected chi connectivity index (χ1v) is 10.9. The molecule has 0 spiro atoms. The average molecular weight is 447 g/mol. The maximum Gasteiger partial charge on any atom is 0.150 e. The van der Waals surface area contributed by atoms with E-state index in [1.807, 2.05) is 31.2 Å². The zero-order valence-electron chi connectivity index (χ0n) is 11.4. The van der Waals surface area contributed by atoms with Gasteiger partial charge in [0, 0.05) is 26.9 Å². The average Bonchev–Trinajstić information content (AvgIpc) is 2.42. The largest absolute Gasteiger partial charge is 0.229 e. The van der Waals surface area contributed by atoms with Crippen LogP contribution in [0.15, 0.2) is 24.3 Å². The van der Waals surface area contributed by atoms with E-state index in [4.69, 9.17) is 11.6 Å². The van der Waals surface area contributed by atoms with Gasteiger partial charge in [0.05, 0.1) is 5.75 Å². The van der Waals surface area contributed by atoms with Gasteiger partial charge in [-0.05, 0) is 24.5 Å². The van der Waals surface area contributed by atoms with Crippen molar-refractivity contribution >= 4 is 53.3 Å². The summed E-state index contributed by atoms with van der Waals surface area (Å²) in [6.45, 7) is 1.88. The molecule has 0 fully saturated rings. The molecule has 0 amide bonds. The van der Waals surface area contributed by atoms with E-state index in [2.05, 4.69) is 31.9 Å². The number of hydrogen-bond acceptors (Lipinski definition) is 2. The zero-order valence-corrected chi connectivity index (χ0v) is 16.2. The Morgan fingerprint density at radius 2 is 1.75 bits per heavy atom. The second-order valence-corrected chi connectivity index (χ2v) is 8.76. The van der Waals surface area contributed by atoms with Crippen molar-refractivity contribution in [2.75, 3.05) is 22.2 Å². The van der Waals surface area contributed by atoms with Crippen LogP contribution in [0.1, 0.15) is 25.3 Å². The molecule has 6 heteroatoms. The molecular formula is C14H19Br2ClO2S. The molecule has 114 valence electrons. The van der Waals surface area contributed by atoms with Gasteiger partial charge in [0.2, 0.25) is 0 Å². The highest BCUT2D eigenvalue weighted by Gasteiger charge is 2.33. The molecule has 0 aliphatic heterocycles. The summed E-state index contributed by atoms with van der Waals surface area (Å²) in [5.41, 5.74) is 0.682.